The lowest BCUT2D eigenvalue weighted by Crippen LogP contribution is -2.12. The molecule has 18 heavy (non-hydrogen) atoms. The van der Waals surface area contributed by atoms with Gasteiger partial charge in [0.05, 0.1) is 5.69 Å². The van der Waals surface area contributed by atoms with Crippen molar-refractivity contribution in [2.24, 2.45) is 0 Å². The fourth-order valence-electron chi connectivity index (χ4n) is 1.45. The van der Waals surface area contributed by atoms with E-state index in [1.807, 2.05) is 0 Å². The number of nitrogens with one attached hydrogen (secondary N) is 1. The zero-order valence-electron chi connectivity index (χ0n) is 9.17. The molecule has 0 saturated heterocycles. The van der Waals surface area contributed by atoms with Crippen LogP contribution in [0.15, 0.2) is 53.4 Å². The molecule has 4 nitrogen and oxygen atoms in total. The second kappa shape index (κ2) is 4.88. The van der Waals surface area contributed by atoms with Gasteiger partial charge in [0.25, 0.3) is 10.0 Å². The predicted molar refractivity (Wildman–Crippen MR) is 70.4 cm³/mol. The highest BCUT2D eigenvalue weighted by molar-refractivity contribution is 7.92. The van der Waals surface area contributed by atoms with Crippen LogP contribution in [-0.4, -0.2) is 13.5 Å². The molecule has 0 aliphatic heterocycles. The summed E-state index contributed by atoms with van der Waals surface area (Å²) < 4.78 is 26.4. The van der Waals surface area contributed by atoms with Crippen molar-refractivity contribution in [1.82, 2.24) is 0 Å². The first-order valence-electron chi connectivity index (χ1n) is 5.05. The molecule has 0 unspecified atom stereocenters. The zero-order chi connectivity index (χ0) is 13.2. The molecule has 0 heterocycles. The van der Waals surface area contributed by atoms with Crippen molar-refractivity contribution >= 4 is 27.3 Å². The first-order chi connectivity index (χ1) is 8.49. The van der Waals surface area contributed by atoms with Crippen molar-refractivity contribution in [2.45, 2.75) is 4.90 Å². The van der Waals surface area contributed by atoms with E-state index in [-0.39, 0.29) is 10.6 Å². The molecule has 0 radical (unpaired) electrons. The first-order valence-corrected chi connectivity index (χ1v) is 6.91. The maximum absolute atomic E-state index is 12.0. The minimum absolute atomic E-state index is 0.176. The Bertz CT molecular complexity index is 671. The van der Waals surface area contributed by atoms with E-state index >= 15 is 0 Å². The number of hydrogen-bond acceptors (Lipinski definition) is 3. The maximum atomic E-state index is 12.0. The van der Waals surface area contributed by atoms with E-state index < -0.39 is 10.0 Å². The highest BCUT2D eigenvalue weighted by Gasteiger charge is 2.17. The lowest BCUT2D eigenvalue weighted by molar-refractivity contribution is 0.459. The van der Waals surface area contributed by atoms with Gasteiger partial charge < -0.3 is 5.11 Å². The average Bonchev–Trinajstić information content (AvgIpc) is 2.28. The molecule has 2 rings (SSSR count). The number of hydrogen-bond donors (Lipinski definition) is 2. The third-order valence-electron chi connectivity index (χ3n) is 2.23. The van der Waals surface area contributed by atoms with Gasteiger partial charge in [-0.05, 0) is 30.3 Å². The molecule has 0 bridgehead atoms. The lowest BCUT2D eigenvalue weighted by Gasteiger charge is -2.09. The van der Waals surface area contributed by atoms with E-state index in [4.69, 9.17) is 11.6 Å². The molecule has 0 aromatic heterocycles. The molecule has 0 aliphatic rings. The molecule has 94 valence electrons. The second-order valence-corrected chi connectivity index (χ2v) is 5.67. The van der Waals surface area contributed by atoms with Gasteiger partial charge in [-0.25, -0.2) is 8.42 Å². The number of anilines is 1. The van der Waals surface area contributed by atoms with Crippen LogP contribution in [-0.2, 0) is 10.0 Å². The van der Waals surface area contributed by atoms with Crippen molar-refractivity contribution in [3.05, 3.63) is 53.6 Å². The molecule has 0 atom stereocenters. The van der Waals surface area contributed by atoms with Gasteiger partial charge in [-0.2, -0.15) is 0 Å². The fraction of sp³-hybridized carbons (Fsp3) is 0. The standard InChI is InChI=1S/C12H10ClNO3S/c13-9-4-3-5-10(8-9)14-18(16,17)12-7-2-1-6-11(12)15/h1-8,14-15H. The quantitative estimate of drug-likeness (QED) is 0.910. The first kappa shape index (κ1) is 12.7. The van der Waals surface area contributed by atoms with Crippen LogP contribution in [0, 0.1) is 0 Å². The van der Waals surface area contributed by atoms with Crippen LogP contribution >= 0.6 is 11.6 Å². The van der Waals surface area contributed by atoms with Gasteiger partial charge in [-0.1, -0.05) is 29.8 Å². The van der Waals surface area contributed by atoms with E-state index in [1.165, 1.54) is 24.3 Å². The van der Waals surface area contributed by atoms with Gasteiger partial charge in [0.15, 0.2) is 0 Å². The van der Waals surface area contributed by atoms with Gasteiger partial charge in [0, 0.05) is 5.02 Å². The Kier molecular flexibility index (Phi) is 3.45. The minimum Gasteiger partial charge on any atom is -0.507 e. The molecule has 2 aromatic carbocycles. The highest BCUT2D eigenvalue weighted by atomic mass is 35.5. The van der Waals surface area contributed by atoms with Crippen molar-refractivity contribution in [1.29, 1.82) is 0 Å². The molecule has 0 amide bonds. The molecule has 0 aliphatic carbocycles. The summed E-state index contributed by atoms with van der Waals surface area (Å²) in [4.78, 5) is -0.176. The van der Waals surface area contributed by atoms with Crippen molar-refractivity contribution in [3.63, 3.8) is 0 Å². The summed E-state index contributed by atoms with van der Waals surface area (Å²) in [6.07, 6.45) is 0. The van der Waals surface area contributed by atoms with Crippen LogP contribution in [0.25, 0.3) is 0 Å². The number of phenolic OH excluding ortho intramolecular Hbond substituents is 1. The van der Waals surface area contributed by atoms with Crippen molar-refractivity contribution in [2.75, 3.05) is 4.72 Å². The van der Waals surface area contributed by atoms with E-state index in [9.17, 15) is 13.5 Å². The third-order valence-corrected chi connectivity index (χ3v) is 3.90. The molecule has 0 spiro atoms. The zero-order valence-corrected chi connectivity index (χ0v) is 10.7. The SMILES string of the molecule is O=S(=O)(Nc1cccc(Cl)c1)c1ccccc1O. The average molecular weight is 284 g/mol. The summed E-state index contributed by atoms with van der Waals surface area (Å²) in [6.45, 7) is 0. The number of halogens is 1. The normalized spacial score (nSPS) is 11.2. The largest absolute Gasteiger partial charge is 0.507 e. The van der Waals surface area contributed by atoms with Crippen LogP contribution in [0.4, 0.5) is 5.69 Å². The maximum Gasteiger partial charge on any atom is 0.265 e. The Labute approximate surface area is 110 Å². The molecular weight excluding hydrogens is 274 g/mol. The van der Waals surface area contributed by atoms with Gasteiger partial charge in [0.2, 0.25) is 0 Å². The smallest absolute Gasteiger partial charge is 0.265 e. The molecule has 0 saturated carbocycles. The Morgan fingerprint density at radius 1 is 1.06 bits per heavy atom. The van der Waals surface area contributed by atoms with E-state index in [0.29, 0.717) is 10.7 Å². The number of rotatable bonds is 3. The monoisotopic (exact) mass is 283 g/mol. The molecule has 0 fully saturated rings. The van der Waals surface area contributed by atoms with Crippen molar-refractivity contribution < 1.29 is 13.5 Å². The Morgan fingerprint density at radius 3 is 2.44 bits per heavy atom. The lowest BCUT2D eigenvalue weighted by atomic mass is 10.3. The summed E-state index contributed by atoms with van der Waals surface area (Å²) in [5.74, 6) is -0.299. The molecule has 6 heteroatoms. The topological polar surface area (TPSA) is 66.4 Å². The van der Waals surface area contributed by atoms with E-state index in [0.717, 1.165) is 0 Å². The number of aromatic hydroxyl groups is 1. The van der Waals surface area contributed by atoms with Crippen LogP contribution in [0.2, 0.25) is 5.02 Å². The van der Waals surface area contributed by atoms with E-state index in [2.05, 4.69) is 4.72 Å². The Morgan fingerprint density at radius 2 is 1.78 bits per heavy atom. The van der Waals surface area contributed by atoms with Crippen LogP contribution in [0.5, 0.6) is 5.75 Å². The molecule has 2 aromatic rings. The predicted octanol–water partition coefficient (Wildman–Crippen LogP) is 2.85. The van der Waals surface area contributed by atoms with Crippen LogP contribution in [0.1, 0.15) is 0 Å². The number of benzene rings is 2. The fourth-order valence-corrected chi connectivity index (χ4v) is 2.79. The van der Waals surface area contributed by atoms with Gasteiger partial charge in [-0.3, -0.25) is 4.72 Å². The van der Waals surface area contributed by atoms with E-state index in [1.54, 1.807) is 24.3 Å². The summed E-state index contributed by atoms with van der Waals surface area (Å²) in [5.41, 5.74) is 0.339. The second-order valence-electron chi connectivity index (χ2n) is 3.58. The van der Waals surface area contributed by atoms with Gasteiger partial charge >= 0.3 is 0 Å². The summed E-state index contributed by atoms with van der Waals surface area (Å²) in [6, 6.07) is 12.0. The number of para-hydroxylation sites is 1. The Balaban J connectivity index is 2.37. The summed E-state index contributed by atoms with van der Waals surface area (Å²) in [7, 11) is -3.82. The van der Waals surface area contributed by atoms with Crippen LogP contribution < -0.4 is 4.72 Å². The Hall–Kier alpha value is -1.72. The van der Waals surface area contributed by atoms with Gasteiger partial charge in [-0.15, -0.1) is 0 Å². The summed E-state index contributed by atoms with van der Waals surface area (Å²) in [5, 5.41) is 9.96. The number of phenols is 1. The van der Waals surface area contributed by atoms with Crippen molar-refractivity contribution in [3.8, 4) is 5.75 Å². The van der Waals surface area contributed by atoms with Crippen LogP contribution in [0.3, 0.4) is 0 Å². The van der Waals surface area contributed by atoms with Gasteiger partial charge in [0.1, 0.15) is 10.6 Å². The minimum atomic E-state index is -3.82. The number of sulfonamides is 1. The third kappa shape index (κ3) is 2.75. The molecule has 2 N–H and O–H groups in total. The highest BCUT2D eigenvalue weighted by Crippen LogP contribution is 2.25. The molecular formula is C12H10ClNO3S. The summed E-state index contributed by atoms with van der Waals surface area (Å²) >= 11 is 5.77.